The van der Waals surface area contributed by atoms with Crippen molar-refractivity contribution in [2.45, 2.75) is 13.2 Å². The molecule has 2 heterocycles. The molecule has 0 aliphatic rings. The van der Waals surface area contributed by atoms with Crippen molar-refractivity contribution in [3.05, 3.63) is 71.9 Å². The Hall–Kier alpha value is -3.82. The number of benzene rings is 1. The molecule has 7 nitrogen and oxygen atoms in total. The quantitative estimate of drug-likeness (QED) is 0.530. The summed E-state index contributed by atoms with van der Waals surface area (Å²) in [6.07, 6.45) is 3.87. The van der Waals surface area contributed by atoms with Gasteiger partial charge in [-0.05, 0) is 35.9 Å². The number of aromatic nitrogens is 2. The van der Waals surface area contributed by atoms with Crippen LogP contribution in [-0.2, 0) is 6.54 Å². The van der Waals surface area contributed by atoms with Gasteiger partial charge in [-0.1, -0.05) is 0 Å². The molecule has 0 bridgehead atoms. The number of ether oxygens (including phenoxy) is 1. The lowest BCUT2D eigenvalue weighted by molar-refractivity contribution is -0.0498. The number of nitrogens with zero attached hydrogens (tertiary/aromatic N) is 2. The number of rotatable bonds is 8. The Morgan fingerprint density at radius 1 is 1.14 bits per heavy atom. The number of hydrogen-bond donors (Lipinski definition) is 3. The molecule has 2 aromatic heterocycles. The lowest BCUT2D eigenvalue weighted by Gasteiger charge is -2.13. The molecule has 0 unspecified atom stereocenters. The summed E-state index contributed by atoms with van der Waals surface area (Å²) in [6.45, 7) is -2.70. The van der Waals surface area contributed by atoms with Crippen molar-refractivity contribution >= 4 is 23.1 Å². The molecule has 0 saturated heterocycles. The van der Waals surface area contributed by atoms with Gasteiger partial charge in [-0.2, -0.15) is 8.78 Å². The molecule has 10 heteroatoms. The Labute approximate surface area is 163 Å². The second-order valence-corrected chi connectivity index (χ2v) is 5.87. The number of alkyl halides is 2. The van der Waals surface area contributed by atoms with Crippen LogP contribution in [0.3, 0.4) is 0 Å². The summed E-state index contributed by atoms with van der Waals surface area (Å²) in [5, 5.41) is 5.98. The van der Waals surface area contributed by atoms with Crippen LogP contribution >= 0.6 is 0 Å². The van der Waals surface area contributed by atoms with Crippen LogP contribution in [0, 0.1) is 5.82 Å². The first-order chi connectivity index (χ1) is 13.9. The average molecular weight is 403 g/mol. The summed E-state index contributed by atoms with van der Waals surface area (Å²) in [5.41, 5.74) is 7.05. The second kappa shape index (κ2) is 8.91. The highest BCUT2D eigenvalue weighted by molar-refractivity contribution is 5.98. The van der Waals surface area contributed by atoms with Gasteiger partial charge >= 0.3 is 6.61 Å². The Morgan fingerprint density at radius 3 is 2.55 bits per heavy atom. The van der Waals surface area contributed by atoms with E-state index in [1.807, 2.05) is 0 Å². The topological polar surface area (TPSA) is 102 Å². The number of anilines is 3. The van der Waals surface area contributed by atoms with E-state index >= 15 is 0 Å². The monoisotopic (exact) mass is 403 g/mol. The second-order valence-electron chi connectivity index (χ2n) is 5.87. The Morgan fingerprint density at radius 2 is 1.90 bits per heavy atom. The van der Waals surface area contributed by atoms with Gasteiger partial charge in [-0.3, -0.25) is 9.78 Å². The van der Waals surface area contributed by atoms with E-state index < -0.39 is 18.3 Å². The van der Waals surface area contributed by atoms with Crippen LogP contribution < -0.4 is 21.1 Å². The van der Waals surface area contributed by atoms with Gasteiger partial charge in [-0.15, -0.1) is 0 Å². The van der Waals surface area contributed by atoms with Gasteiger partial charge in [0.2, 0.25) is 0 Å². The van der Waals surface area contributed by atoms with E-state index in [9.17, 15) is 18.0 Å². The zero-order valence-corrected chi connectivity index (χ0v) is 14.9. The largest absolute Gasteiger partial charge is 0.435 e. The van der Waals surface area contributed by atoms with E-state index in [4.69, 9.17) is 5.73 Å². The molecule has 0 fully saturated rings. The molecule has 1 amide bonds. The molecule has 4 N–H and O–H groups in total. The van der Waals surface area contributed by atoms with Gasteiger partial charge in [0.1, 0.15) is 17.4 Å². The first-order valence-corrected chi connectivity index (χ1v) is 8.36. The van der Waals surface area contributed by atoms with Crippen molar-refractivity contribution in [2.75, 3.05) is 10.6 Å². The minimum Gasteiger partial charge on any atom is -0.435 e. The smallest absolute Gasteiger partial charge is 0.387 e. The van der Waals surface area contributed by atoms with Crippen LogP contribution in [0.2, 0.25) is 0 Å². The van der Waals surface area contributed by atoms with Gasteiger partial charge in [-0.25, -0.2) is 9.37 Å². The maximum absolute atomic E-state index is 13.3. The first-order valence-electron chi connectivity index (χ1n) is 8.36. The van der Waals surface area contributed by atoms with E-state index in [-0.39, 0.29) is 17.9 Å². The summed E-state index contributed by atoms with van der Waals surface area (Å²) < 4.78 is 42.0. The molecular weight excluding hydrogens is 387 g/mol. The fourth-order valence-corrected chi connectivity index (χ4v) is 2.48. The Balaban J connectivity index is 1.76. The fraction of sp³-hybridized carbons (Fsp3) is 0.105. The molecular formula is C19H16F3N5O2. The van der Waals surface area contributed by atoms with Crippen molar-refractivity contribution in [3.8, 4) is 5.75 Å². The highest BCUT2D eigenvalue weighted by Crippen LogP contribution is 2.24. The number of hydrogen-bond acceptors (Lipinski definition) is 6. The van der Waals surface area contributed by atoms with Gasteiger partial charge in [0.15, 0.2) is 0 Å². The molecule has 150 valence electrons. The molecule has 29 heavy (non-hydrogen) atoms. The Kier molecular flexibility index (Phi) is 6.12. The van der Waals surface area contributed by atoms with Crippen molar-refractivity contribution in [1.29, 1.82) is 0 Å². The number of amides is 1. The van der Waals surface area contributed by atoms with Gasteiger partial charge in [0.05, 0.1) is 17.4 Å². The van der Waals surface area contributed by atoms with Crippen molar-refractivity contribution < 1.29 is 22.7 Å². The zero-order valence-electron chi connectivity index (χ0n) is 14.9. The van der Waals surface area contributed by atoms with Crippen LogP contribution in [0.15, 0.2) is 55.0 Å². The third-order valence-corrected chi connectivity index (χ3v) is 3.77. The lowest BCUT2D eigenvalue weighted by Crippen LogP contribution is -2.15. The highest BCUT2D eigenvalue weighted by atomic mass is 19.3. The molecule has 0 aliphatic heterocycles. The minimum atomic E-state index is -2.90. The maximum Gasteiger partial charge on any atom is 0.387 e. The molecule has 1 aromatic carbocycles. The Bertz CT molecular complexity index is 999. The third kappa shape index (κ3) is 5.58. The van der Waals surface area contributed by atoms with Crippen LogP contribution in [0.1, 0.15) is 15.9 Å². The standard InChI is InChI=1S/C19H16F3N5O2/c20-12-5-11(7-24-9-12)8-25-16-6-17(26-10-15(16)18(23)28)27-13-1-3-14(4-2-13)29-19(21)22/h1-7,9-10,19H,8H2,(H2,23,28)(H2,25,26,27). The van der Waals surface area contributed by atoms with Crippen molar-refractivity contribution in [1.82, 2.24) is 9.97 Å². The predicted octanol–water partition coefficient (Wildman–Crippen LogP) is 3.67. The van der Waals surface area contributed by atoms with Crippen LogP contribution in [0.5, 0.6) is 5.75 Å². The number of nitrogens with two attached hydrogens (primary N) is 1. The summed E-state index contributed by atoms with van der Waals surface area (Å²) in [6, 6.07) is 8.69. The first kappa shape index (κ1) is 19.9. The normalized spacial score (nSPS) is 10.6. The molecule has 0 aliphatic carbocycles. The maximum atomic E-state index is 13.3. The van der Waals surface area contributed by atoms with Crippen LogP contribution in [0.25, 0.3) is 0 Å². The van der Waals surface area contributed by atoms with Crippen molar-refractivity contribution in [3.63, 3.8) is 0 Å². The van der Waals surface area contributed by atoms with Gasteiger partial charge in [0, 0.05) is 30.7 Å². The molecule has 3 aromatic rings. The predicted molar refractivity (Wildman–Crippen MR) is 101 cm³/mol. The summed E-state index contributed by atoms with van der Waals surface area (Å²) in [5.74, 6) is -0.765. The van der Waals surface area contributed by atoms with Crippen molar-refractivity contribution in [2.24, 2.45) is 5.73 Å². The van der Waals surface area contributed by atoms with E-state index in [0.717, 1.165) is 6.20 Å². The molecule has 0 spiro atoms. The van der Waals surface area contributed by atoms with Gasteiger partial charge < -0.3 is 21.1 Å². The third-order valence-electron chi connectivity index (χ3n) is 3.77. The molecule has 0 atom stereocenters. The summed E-state index contributed by atoms with van der Waals surface area (Å²) in [4.78, 5) is 19.5. The van der Waals surface area contributed by atoms with Crippen LogP contribution in [-0.4, -0.2) is 22.5 Å². The van der Waals surface area contributed by atoms with E-state index in [0.29, 0.717) is 22.8 Å². The van der Waals surface area contributed by atoms with E-state index in [2.05, 4.69) is 25.3 Å². The number of halogens is 3. The number of nitrogens with one attached hydrogen (secondary N) is 2. The average Bonchev–Trinajstić information content (AvgIpc) is 2.67. The fourth-order valence-electron chi connectivity index (χ4n) is 2.48. The SMILES string of the molecule is NC(=O)c1cnc(Nc2ccc(OC(F)F)cc2)cc1NCc1cncc(F)c1. The molecule has 3 rings (SSSR count). The molecule has 0 saturated carbocycles. The summed E-state index contributed by atoms with van der Waals surface area (Å²) in [7, 11) is 0. The molecule has 0 radical (unpaired) electrons. The highest BCUT2D eigenvalue weighted by Gasteiger charge is 2.11. The number of carbonyl (C=O) groups is 1. The van der Waals surface area contributed by atoms with Crippen LogP contribution in [0.4, 0.5) is 30.4 Å². The van der Waals surface area contributed by atoms with E-state index in [1.54, 1.807) is 6.07 Å². The zero-order chi connectivity index (χ0) is 20.8. The number of pyridine rings is 2. The van der Waals surface area contributed by atoms with Gasteiger partial charge in [0.25, 0.3) is 5.91 Å². The number of carbonyl (C=O) groups excluding carboxylic acids is 1. The summed E-state index contributed by atoms with van der Waals surface area (Å²) >= 11 is 0. The minimum absolute atomic E-state index is 0.0219. The number of primary amides is 1. The van der Waals surface area contributed by atoms with E-state index in [1.165, 1.54) is 42.7 Å². The lowest BCUT2D eigenvalue weighted by atomic mass is 10.2.